The SMILES string of the molecule is CCC(N)c1ccccc1C[Si]. The van der Waals surface area contributed by atoms with Gasteiger partial charge in [0.15, 0.2) is 0 Å². The third kappa shape index (κ3) is 1.96. The van der Waals surface area contributed by atoms with Gasteiger partial charge in [0.25, 0.3) is 0 Å². The van der Waals surface area contributed by atoms with Gasteiger partial charge >= 0.3 is 0 Å². The van der Waals surface area contributed by atoms with Gasteiger partial charge in [0.2, 0.25) is 0 Å². The molecular formula is C10H14NSi. The Labute approximate surface area is 77.4 Å². The minimum atomic E-state index is 0.178. The van der Waals surface area contributed by atoms with E-state index in [9.17, 15) is 0 Å². The van der Waals surface area contributed by atoms with Gasteiger partial charge in [0.05, 0.1) is 0 Å². The maximum absolute atomic E-state index is 5.95. The van der Waals surface area contributed by atoms with Gasteiger partial charge in [-0.1, -0.05) is 31.2 Å². The van der Waals surface area contributed by atoms with Gasteiger partial charge in [-0.25, -0.2) is 0 Å². The summed E-state index contributed by atoms with van der Waals surface area (Å²) in [6.45, 7) is 2.11. The summed E-state index contributed by atoms with van der Waals surface area (Å²) in [5, 5.41) is 0. The third-order valence-corrected chi connectivity index (χ3v) is 2.47. The van der Waals surface area contributed by atoms with Crippen LogP contribution in [0.25, 0.3) is 0 Å². The molecule has 0 saturated carbocycles. The van der Waals surface area contributed by atoms with E-state index in [1.807, 2.05) is 12.1 Å². The van der Waals surface area contributed by atoms with Crippen molar-refractivity contribution in [1.82, 2.24) is 0 Å². The van der Waals surface area contributed by atoms with E-state index in [0.717, 1.165) is 12.5 Å². The maximum atomic E-state index is 5.95. The third-order valence-electron chi connectivity index (χ3n) is 2.08. The second-order valence-corrected chi connectivity index (χ2v) is 3.24. The smallest absolute Gasteiger partial charge is 0.0294 e. The van der Waals surface area contributed by atoms with Crippen LogP contribution < -0.4 is 5.73 Å². The molecular weight excluding hydrogens is 162 g/mol. The van der Waals surface area contributed by atoms with Crippen molar-refractivity contribution in [2.75, 3.05) is 0 Å². The molecule has 0 bridgehead atoms. The number of hydrogen-bond donors (Lipinski definition) is 1. The minimum absolute atomic E-state index is 0.178. The van der Waals surface area contributed by atoms with Gasteiger partial charge in [-0.15, -0.1) is 0 Å². The predicted octanol–water partition coefficient (Wildman–Crippen LogP) is 1.76. The Morgan fingerprint density at radius 1 is 1.42 bits per heavy atom. The normalized spacial score (nSPS) is 12.9. The van der Waals surface area contributed by atoms with Gasteiger partial charge in [-0.2, -0.15) is 0 Å². The van der Waals surface area contributed by atoms with Crippen LogP contribution in [0.3, 0.4) is 0 Å². The quantitative estimate of drug-likeness (QED) is 0.698. The van der Waals surface area contributed by atoms with Gasteiger partial charge in [-0.3, -0.25) is 0 Å². The molecule has 1 nitrogen and oxygen atoms in total. The summed E-state index contributed by atoms with van der Waals surface area (Å²) in [5.74, 6) is 0. The molecule has 3 radical (unpaired) electrons. The van der Waals surface area contributed by atoms with E-state index in [1.165, 1.54) is 11.1 Å². The number of benzene rings is 1. The molecule has 63 valence electrons. The second-order valence-electron chi connectivity index (χ2n) is 2.89. The van der Waals surface area contributed by atoms with E-state index in [2.05, 4.69) is 29.3 Å². The highest BCUT2D eigenvalue weighted by Gasteiger charge is 2.05. The van der Waals surface area contributed by atoms with Crippen LogP contribution >= 0.6 is 0 Å². The van der Waals surface area contributed by atoms with E-state index in [1.54, 1.807) is 0 Å². The van der Waals surface area contributed by atoms with E-state index in [4.69, 9.17) is 5.73 Å². The van der Waals surface area contributed by atoms with E-state index >= 15 is 0 Å². The average molecular weight is 176 g/mol. The van der Waals surface area contributed by atoms with Crippen molar-refractivity contribution in [3.05, 3.63) is 35.4 Å². The minimum Gasteiger partial charge on any atom is -0.324 e. The molecule has 0 fully saturated rings. The van der Waals surface area contributed by atoms with Gasteiger partial charge in [0, 0.05) is 16.3 Å². The van der Waals surface area contributed by atoms with Crippen molar-refractivity contribution < 1.29 is 0 Å². The Morgan fingerprint density at radius 3 is 2.67 bits per heavy atom. The summed E-state index contributed by atoms with van der Waals surface area (Å²) in [4.78, 5) is 0. The van der Waals surface area contributed by atoms with E-state index < -0.39 is 0 Å². The van der Waals surface area contributed by atoms with Crippen LogP contribution in [0, 0.1) is 0 Å². The molecule has 1 atom stereocenters. The summed E-state index contributed by atoms with van der Waals surface area (Å²) in [7, 11) is 3.50. The van der Waals surface area contributed by atoms with E-state index in [0.29, 0.717) is 0 Å². The molecule has 1 aromatic carbocycles. The topological polar surface area (TPSA) is 26.0 Å². The Bertz CT molecular complexity index is 247. The van der Waals surface area contributed by atoms with Crippen molar-refractivity contribution in [2.45, 2.75) is 25.4 Å². The highest BCUT2D eigenvalue weighted by molar-refractivity contribution is 6.08. The first-order chi connectivity index (χ1) is 5.79. The zero-order chi connectivity index (χ0) is 8.97. The first-order valence-electron chi connectivity index (χ1n) is 4.27. The van der Waals surface area contributed by atoms with Crippen LogP contribution in [-0.2, 0) is 6.04 Å². The molecule has 0 heterocycles. The molecule has 1 rings (SSSR count). The molecule has 0 aliphatic heterocycles. The number of rotatable bonds is 3. The molecule has 0 saturated heterocycles. The van der Waals surface area contributed by atoms with Crippen LogP contribution in [0.1, 0.15) is 30.5 Å². The molecule has 1 aromatic rings. The van der Waals surface area contributed by atoms with Gasteiger partial charge in [-0.05, 0) is 23.6 Å². The van der Waals surface area contributed by atoms with Crippen LogP contribution in [0.5, 0.6) is 0 Å². The summed E-state index contributed by atoms with van der Waals surface area (Å²) in [6.07, 6.45) is 0.989. The number of hydrogen-bond acceptors (Lipinski definition) is 1. The van der Waals surface area contributed by atoms with Crippen LogP contribution in [-0.4, -0.2) is 10.2 Å². The molecule has 12 heavy (non-hydrogen) atoms. The summed E-state index contributed by atoms with van der Waals surface area (Å²) in [5.41, 5.74) is 8.50. The van der Waals surface area contributed by atoms with Crippen LogP contribution in [0.15, 0.2) is 24.3 Å². The average Bonchev–Trinajstić information content (AvgIpc) is 2.16. The molecule has 0 spiro atoms. The Balaban J connectivity index is 2.96. The Kier molecular flexibility index (Phi) is 3.50. The Hall–Kier alpha value is -0.603. The highest BCUT2D eigenvalue weighted by Crippen LogP contribution is 2.17. The van der Waals surface area contributed by atoms with Crippen molar-refractivity contribution >= 4 is 10.2 Å². The molecule has 1 unspecified atom stereocenters. The summed E-state index contributed by atoms with van der Waals surface area (Å²) in [6, 6.07) is 9.35. The van der Waals surface area contributed by atoms with Crippen molar-refractivity contribution in [3.8, 4) is 0 Å². The lowest BCUT2D eigenvalue weighted by atomic mass is 10.0. The number of nitrogens with two attached hydrogens (primary N) is 1. The lowest BCUT2D eigenvalue weighted by Crippen LogP contribution is -2.11. The predicted molar refractivity (Wildman–Crippen MR) is 53.1 cm³/mol. The molecule has 2 heteroatoms. The zero-order valence-electron chi connectivity index (χ0n) is 7.38. The molecule has 2 N–H and O–H groups in total. The lowest BCUT2D eigenvalue weighted by molar-refractivity contribution is 0.693. The fourth-order valence-electron chi connectivity index (χ4n) is 1.28. The molecule has 0 aliphatic carbocycles. The van der Waals surface area contributed by atoms with Crippen molar-refractivity contribution in [3.63, 3.8) is 0 Å². The first kappa shape index (κ1) is 9.48. The first-order valence-corrected chi connectivity index (χ1v) is 4.98. The second kappa shape index (κ2) is 4.43. The van der Waals surface area contributed by atoms with Crippen LogP contribution in [0.2, 0.25) is 0 Å². The molecule has 0 aliphatic rings. The zero-order valence-corrected chi connectivity index (χ0v) is 8.38. The lowest BCUT2D eigenvalue weighted by Gasteiger charge is -2.13. The van der Waals surface area contributed by atoms with Crippen LogP contribution in [0.4, 0.5) is 0 Å². The van der Waals surface area contributed by atoms with Crippen molar-refractivity contribution in [1.29, 1.82) is 0 Å². The molecule has 0 aromatic heterocycles. The summed E-state index contributed by atoms with van der Waals surface area (Å²) < 4.78 is 0. The van der Waals surface area contributed by atoms with E-state index in [-0.39, 0.29) is 6.04 Å². The Morgan fingerprint density at radius 2 is 2.08 bits per heavy atom. The fourth-order valence-corrected chi connectivity index (χ4v) is 1.60. The van der Waals surface area contributed by atoms with Gasteiger partial charge in [0.1, 0.15) is 0 Å². The monoisotopic (exact) mass is 176 g/mol. The maximum Gasteiger partial charge on any atom is 0.0294 e. The largest absolute Gasteiger partial charge is 0.324 e. The molecule has 0 amide bonds. The van der Waals surface area contributed by atoms with Crippen molar-refractivity contribution in [2.24, 2.45) is 5.73 Å². The standard InChI is InChI=1S/C10H14NSi/c1-2-10(11)9-6-4-3-5-8(9)7-12/h3-6,10H,2,7,11H2,1H3. The highest BCUT2D eigenvalue weighted by atomic mass is 28.1. The van der Waals surface area contributed by atoms with Gasteiger partial charge < -0.3 is 5.73 Å². The summed E-state index contributed by atoms with van der Waals surface area (Å²) >= 11 is 0. The fraction of sp³-hybridized carbons (Fsp3) is 0.400.